The number of rotatable bonds is 9. The van der Waals surface area contributed by atoms with Gasteiger partial charge in [0.1, 0.15) is 0 Å². The van der Waals surface area contributed by atoms with E-state index in [9.17, 15) is 9.59 Å². The van der Waals surface area contributed by atoms with Gasteiger partial charge in [-0.25, -0.2) is 4.98 Å². The van der Waals surface area contributed by atoms with Gasteiger partial charge in [-0.05, 0) is 74.1 Å². The molecule has 0 spiro atoms. The molecular formula is C32H41N3O3S. The van der Waals surface area contributed by atoms with E-state index < -0.39 is 5.97 Å². The Bertz CT molecular complexity index is 1280. The number of amides is 1. The summed E-state index contributed by atoms with van der Waals surface area (Å²) in [5.41, 5.74) is 6.68. The lowest BCUT2D eigenvalue weighted by Crippen LogP contribution is -2.39. The second-order valence-electron chi connectivity index (χ2n) is 11.9. The summed E-state index contributed by atoms with van der Waals surface area (Å²) in [6.45, 7) is 12.2. The van der Waals surface area contributed by atoms with Gasteiger partial charge in [-0.2, -0.15) is 0 Å². The molecule has 1 aliphatic rings. The normalized spacial score (nSPS) is 17.6. The molecule has 39 heavy (non-hydrogen) atoms. The molecule has 208 valence electrons. The fourth-order valence-corrected chi connectivity index (χ4v) is 6.47. The van der Waals surface area contributed by atoms with Crippen LogP contribution in [0.5, 0.6) is 0 Å². The highest BCUT2D eigenvalue weighted by molar-refractivity contribution is 7.14. The molecule has 0 atom stereocenters. The quantitative estimate of drug-likeness (QED) is 0.295. The monoisotopic (exact) mass is 547 g/mol. The van der Waals surface area contributed by atoms with Crippen LogP contribution in [-0.4, -0.2) is 34.6 Å². The number of aliphatic carboxylic acids is 1. The number of carboxylic acids is 1. The van der Waals surface area contributed by atoms with Crippen molar-refractivity contribution < 1.29 is 14.7 Å². The lowest BCUT2D eigenvalue weighted by atomic mass is 9.71. The van der Waals surface area contributed by atoms with Crippen LogP contribution < -0.4 is 10.2 Å². The predicted molar refractivity (Wildman–Crippen MR) is 159 cm³/mol. The van der Waals surface area contributed by atoms with E-state index in [2.05, 4.69) is 68.4 Å². The number of carboxylic acid groups (broad SMARTS) is 1. The molecule has 0 radical (unpaired) electrons. The topological polar surface area (TPSA) is 82.5 Å². The van der Waals surface area contributed by atoms with Crippen LogP contribution in [0, 0.1) is 25.2 Å². The van der Waals surface area contributed by atoms with E-state index in [-0.39, 0.29) is 18.9 Å². The van der Waals surface area contributed by atoms with Crippen molar-refractivity contribution in [3.63, 3.8) is 0 Å². The molecule has 4 rings (SSSR count). The van der Waals surface area contributed by atoms with Gasteiger partial charge in [0, 0.05) is 35.6 Å². The van der Waals surface area contributed by atoms with Gasteiger partial charge in [0.05, 0.1) is 12.1 Å². The molecule has 0 unspecified atom stereocenters. The van der Waals surface area contributed by atoms with Crippen LogP contribution in [0.1, 0.15) is 79.9 Å². The Hall–Kier alpha value is -3.19. The SMILES string of the molecule is Cc1ccc(-c2csc(N(Cc3ccc(C(=O)NCCC(=O)O)cc3)C3CCC(C(C)(C)C)CC3)n2)c(C)c1. The number of carbonyl (C=O) groups is 2. The van der Waals surface area contributed by atoms with Crippen molar-refractivity contribution in [3.05, 3.63) is 70.1 Å². The first-order valence-electron chi connectivity index (χ1n) is 13.9. The van der Waals surface area contributed by atoms with Gasteiger partial charge in [-0.1, -0.05) is 56.7 Å². The Kier molecular flexibility index (Phi) is 9.11. The molecule has 0 bridgehead atoms. The molecule has 0 saturated heterocycles. The van der Waals surface area contributed by atoms with E-state index in [1.54, 1.807) is 11.3 Å². The zero-order chi connectivity index (χ0) is 28.2. The molecule has 1 aliphatic carbocycles. The first-order valence-corrected chi connectivity index (χ1v) is 14.8. The number of benzene rings is 2. The van der Waals surface area contributed by atoms with Gasteiger partial charge < -0.3 is 15.3 Å². The fraction of sp³-hybridized carbons (Fsp3) is 0.469. The first kappa shape index (κ1) is 28.8. The summed E-state index contributed by atoms with van der Waals surface area (Å²) in [6, 6.07) is 14.6. The average Bonchev–Trinajstić information content (AvgIpc) is 3.36. The number of aryl methyl sites for hydroxylation is 2. The number of carbonyl (C=O) groups excluding carboxylic acids is 1. The Balaban J connectivity index is 1.54. The third kappa shape index (κ3) is 7.47. The lowest BCUT2D eigenvalue weighted by molar-refractivity contribution is -0.136. The third-order valence-corrected chi connectivity index (χ3v) is 8.83. The number of anilines is 1. The van der Waals surface area contributed by atoms with Gasteiger partial charge in [0.2, 0.25) is 0 Å². The van der Waals surface area contributed by atoms with Gasteiger partial charge >= 0.3 is 5.97 Å². The van der Waals surface area contributed by atoms with Crippen molar-refractivity contribution in [1.29, 1.82) is 0 Å². The molecule has 1 aromatic heterocycles. The van der Waals surface area contributed by atoms with Gasteiger partial charge in [-0.15, -0.1) is 11.3 Å². The van der Waals surface area contributed by atoms with E-state index in [0.717, 1.165) is 41.7 Å². The summed E-state index contributed by atoms with van der Waals surface area (Å²) < 4.78 is 0. The largest absolute Gasteiger partial charge is 0.481 e. The van der Waals surface area contributed by atoms with Crippen LogP contribution in [0.4, 0.5) is 5.13 Å². The van der Waals surface area contributed by atoms with Crippen LogP contribution in [0.25, 0.3) is 11.3 Å². The summed E-state index contributed by atoms with van der Waals surface area (Å²) in [4.78, 5) is 30.7. The summed E-state index contributed by atoms with van der Waals surface area (Å²) >= 11 is 1.71. The van der Waals surface area contributed by atoms with Crippen molar-refractivity contribution in [3.8, 4) is 11.3 Å². The number of hydrogen-bond acceptors (Lipinski definition) is 5. The van der Waals surface area contributed by atoms with Crippen molar-refractivity contribution in [2.45, 2.75) is 79.3 Å². The predicted octanol–water partition coefficient (Wildman–Crippen LogP) is 7.24. The van der Waals surface area contributed by atoms with E-state index in [0.29, 0.717) is 17.0 Å². The maximum Gasteiger partial charge on any atom is 0.305 e. The number of aromatic nitrogens is 1. The van der Waals surface area contributed by atoms with Crippen molar-refractivity contribution in [2.24, 2.45) is 11.3 Å². The molecule has 2 N–H and O–H groups in total. The van der Waals surface area contributed by atoms with Crippen LogP contribution >= 0.6 is 11.3 Å². The van der Waals surface area contributed by atoms with Gasteiger partial charge in [0.15, 0.2) is 5.13 Å². The smallest absolute Gasteiger partial charge is 0.305 e. The minimum absolute atomic E-state index is 0.0891. The van der Waals surface area contributed by atoms with E-state index >= 15 is 0 Å². The Morgan fingerprint density at radius 1 is 1.05 bits per heavy atom. The number of thiazole rings is 1. The molecule has 1 saturated carbocycles. The molecular weight excluding hydrogens is 506 g/mol. The summed E-state index contributed by atoms with van der Waals surface area (Å²) in [5, 5.41) is 14.7. The zero-order valence-electron chi connectivity index (χ0n) is 23.8. The number of hydrogen-bond donors (Lipinski definition) is 2. The number of nitrogens with one attached hydrogen (secondary N) is 1. The summed E-state index contributed by atoms with van der Waals surface area (Å²) in [7, 11) is 0. The molecule has 1 amide bonds. The number of nitrogens with zero attached hydrogens (tertiary/aromatic N) is 2. The zero-order valence-corrected chi connectivity index (χ0v) is 24.6. The van der Waals surface area contributed by atoms with Crippen molar-refractivity contribution >= 4 is 28.3 Å². The highest BCUT2D eigenvalue weighted by Crippen LogP contribution is 2.41. The standard InChI is InChI=1S/C32H41N3O3S/c1-21-6-15-27(22(2)18-21)28-20-39-31(34-28)35(26-13-11-25(12-14-26)32(3,4)5)19-23-7-9-24(10-8-23)30(38)33-17-16-29(36)37/h6-10,15,18,20,25-26H,11-14,16-17,19H2,1-5H3,(H,33,38)(H,36,37). The Morgan fingerprint density at radius 2 is 1.74 bits per heavy atom. The lowest BCUT2D eigenvalue weighted by Gasteiger charge is -2.41. The molecule has 1 heterocycles. The van der Waals surface area contributed by atoms with E-state index in [4.69, 9.17) is 10.1 Å². The molecule has 7 heteroatoms. The van der Waals surface area contributed by atoms with Crippen molar-refractivity contribution in [2.75, 3.05) is 11.4 Å². The average molecular weight is 548 g/mol. The summed E-state index contributed by atoms with van der Waals surface area (Å²) in [6.07, 6.45) is 4.63. The fourth-order valence-electron chi connectivity index (χ4n) is 5.57. The molecule has 2 aromatic carbocycles. The highest BCUT2D eigenvalue weighted by Gasteiger charge is 2.33. The van der Waals surface area contributed by atoms with E-state index in [1.165, 1.54) is 29.5 Å². The maximum absolute atomic E-state index is 12.4. The molecule has 1 fully saturated rings. The first-order chi connectivity index (χ1) is 18.5. The van der Waals surface area contributed by atoms with Crippen LogP contribution in [0.15, 0.2) is 47.8 Å². The third-order valence-electron chi connectivity index (χ3n) is 7.95. The molecule has 6 nitrogen and oxygen atoms in total. The van der Waals surface area contributed by atoms with Crippen LogP contribution in [-0.2, 0) is 11.3 Å². The second kappa shape index (κ2) is 12.3. The van der Waals surface area contributed by atoms with Crippen LogP contribution in [0.2, 0.25) is 0 Å². The Morgan fingerprint density at radius 3 is 2.36 bits per heavy atom. The second-order valence-corrected chi connectivity index (χ2v) is 12.8. The van der Waals surface area contributed by atoms with E-state index in [1.807, 2.05) is 24.3 Å². The Labute approximate surface area is 236 Å². The molecule has 3 aromatic rings. The minimum Gasteiger partial charge on any atom is -0.481 e. The summed E-state index contributed by atoms with van der Waals surface area (Å²) in [5.74, 6) is -0.445. The van der Waals surface area contributed by atoms with Crippen molar-refractivity contribution in [1.82, 2.24) is 10.3 Å². The molecule has 0 aliphatic heterocycles. The van der Waals surface area contributed by atoms with Crippen LogP contribution in [0.3, 0.4) is 0 Å². The highest BCUT2D eigenvalue weighted by atomic mass is 32.1. The van der Waals surface area contributed by atoms with Gasteiger partial charge in [0.25, 0.3) is 5.91 Å². The minimum atomic E-state index is -0.926. The maximum atomic E-state index is 12.4. The van der Waals surface area contributed by atoms with Gasteiger partial charge in [-0.3, -0.25) is 9.59 Å².